The van der Waals surface area contributed by atoms with Crippen molar-refractivity contribution in [3.63, 3.8) is 0 Å². The second kappa shape index (κ2) is 7.08. The van der Waals surface area contributed by atoms with Crippen LogP contribution < -0.4 is 5.32 Å². The maximum Gasteiger partial charge on any atom is 0.0218 e. The molecule has 2 fully saturated rings. The van der Waals surface area contributed by atoms with Gasteiger partial charge in [-0.05, 0) is 37.0 Å². The molecule has 1 heterocycles. The predicted molar refractivity (Wildman–Crippen MR) is 83.4 cm³/mol. The smallest absolute Gasteiger partial charge is 0.0218 e. The van der Waals surface area contributed by atoms with Crippen LogP contribution in [-0.2, 0) is 0 Å². The first-order valence-corrected chi connectivity index (χ1v) is 8.57. The molecule has 1 saturated carbocycles. The minimum atomic E-state index is 0.699. The predicted octanol–water partition coefficient (Wildman–Crippen LogP) is 3.52. The highest BCUT2D eigenvalue weighted by atomic mass is 15.2. The SMILES string of the molecule is CCC1CNC(C(C)C)CN1CC1CCC(C)CC1. The highest BCUT2D eigenvalue weighted by Crippen LogP contribution is 2.30. The zero-order valence-electron chi connectivity index (χ0n) is 13.5. The summed E-state index contributed by atoms with van der Waals surface area (Å²) in [6.45, 7) is 13.3. The van der Waals surface area contributed by atoms with Gasteiger partial charge >= 0.3 is 0 Å². The minimum Gasteiger partial charge on any atom is -0.311 e. The van der Waals surface area contributed by atoms with Crippen LogP contribution in [-0.4, -0.2) is 36.6 Å². The van der Waals surface area contributed by atoms with Gasteiger partial charge in [0.15, 0.2) is 0 Å². The van der Waals surface area contributed by atoms with Crippen LogP contribution in [0.2, 0.25) is 0 Å². The van der Waals surface area contributed by atoms with Crippen LogP contribution in [0.4, 0.5) is 0 Å². The normalized spacial score (nSPS) is 37.7. The van der Waals surface area contributed by atoms with E-state index in [0.717, 1.165) is 23.8 Å². The molecule has 0 aromatic rings. The average Bonchev–Trinajstić information content (AvgIpc) is 2.41. The highest BCUT2D eigenvalue weighted by Gasteiger charge is 2.30. The largest absolute Gasteiger partial charge is 0.311 e. The molecule has 0 aromatic heterocycles. The molecule has 19 heavy (non-hydrogen) atoms. The lowest BCUT2D eigenvalue weighted by atomic mass is 9.82. The van der Waals surface area contributed by atoms with E-state index in [-0.39, 0.29) is 0 Å². The summed E-state index contributed by atoms with van der Waals surface area (Å²) < 4.78 is 0. The van der Waals surface area contributed by atoms with Crippen LogP contribution in [0.15, 0.2) is 0 Å². The molecule has 1 N–H and O–H groups in total. The van der Waals surface area contributed by atoms with Crippen molar-refractivity contribution >= 4 is 0 Å². The molecule has 2 heteroatoms. The summed E-state index contributed by atoms with van der Waals surface area (Å²) in [4.78, 5) is 2.81. The van der Waals surface area contributed by atoms with Gasteiger partial charge in [0.05, 0.1) is 0 Å². The maximum atomic E-state index is 3.75. The average molecular weight is 266 g/mol. The summed E-state index contributed by atoms with van der Waals surface area (Å²) in [5.41, 5.74) is 0. The second-order valence-electron chi connectivity index (χ2n) is 7.40. The zero-order valence-corrected chi connectivity index (χ0v) is 13.5. The first-order valence-electron chi connectivity index (χ1n) is 8.57. The molecule has 0 radical (unpaired) electrons. The van der Waals surface area contributed by atoms with E-state index in [1.54, 1.807) is 0 Å². The van der Waals surface area contributed by atoms with Gasteiger partial charge in [-0.15, -0.1) is 0 Å². The highest BCUT2D eigenvalue weighted by molar-refractivity contribution is 4.88. The van der Waals surface area contributed by atoms with E-state index in [1.807, 2.05) is 0 Å². The molecule has 0 spiro atoms. The fraction of sp³-hybridized carbons (Fsp3) is 1.00. The van der Waals surface area contributed by atoms with Gasteiger partial charge < -0.3 is 5.32 Å². The molecule has 0 bridgehead atoms. The van der Waals surface area contributed by atoms with E-state index in [0.29, 0.717) is 6.04 Å². The molecule has 112 valence electrons. The van der Waals surface area contributed by atoms with Gasteiger partial charge in [-0.25, -0.2) is 0 Å². The monoisotopic (exact) mass is 266 g/mol. The number of nitrogens with one attached hydrogen (secondary N) is 1. The molecule has 1 aliphatic carbocycles. The van der Waals surface area contributed by atoms with Gasteiger partial charge in [0.25, 0.3) is 0 Å². The Balaban J connectivity index is 1.87. The van der Waals surface area contributed by atoms with Crippen molar-refractivity contribution in [2.45, 2.75) is 71.9 Å². The van der Waals surface area contributed by atoms with Crippen molar-refractivity contribution in [3.05, 3.63) is 0 Å². The quantitative estimate of drug-likeness (QED) is 0.837. The summed E-state index contributed by atoms with van der Waals surface area (Å²) in [5.74, 6) is 2.70. The number of piperazine rings is 1. The first-order chi connectivity index (χ1) is 9.10. The van der Waals surface area contributed by atoms with Gasteiger partial charge in [0.1, 0.15) is 0 Å². The van der Waals surface area contributed by atoms with Gasteiger partial charge in [0.2, 0.25) is 0 Å². The number of hydrogen-bond donors (Lipinski definition) is 1. The summed E-state index contributed by atoms with van der Waals surface area (Å²) in [6, 6.07) is 1.47. The fourth-order valence-corrected chi connectivity index (χ4v) is 3.80. The molecule has 2 nitrogen and oxygen atoms in total. The third-order valence-corrected chi connectivity index (χ3v) is 5.47. The van der Waals surface area contributed by atoms with E-state index in [1.165, 1.54) is 51.7 Å². The van der Waals surface area contributed by atoms with E-state index >= 15 is 0 Å². The molecule has 2 unspecified atom stereocenters. The van der Waals surface area contributed by atoms with Crippen molar-refractivity contribution in [2.75, 3.05) is 19.6 Å². The number of nitrogens with zero attached hydrogens (tertiary/aromatic N) is 1. The van der Waals surface area contributed by atoms with E-state index < -0.39 is 0 Å². The van der Waals surface area contributed by atoms with Crippen LogP contribution in [0.1, 0.15) is 59.8 Å². The van der Waals surface area contributed by atoms with Crippen molar-refractivity contribution in [3.8, 4) is 0 Å². The van der Waals surface area contributed by atoms with Crippen molar-refractivity contribution < 1.29 is 0 Å². The van der Waals surface area contributed by atoms with Crippen molar-refractivity contribution in [1.82, 2.24) is 10.2 Å². The summed E-state index contributed by atoms with van der Waals surface area (Å²) in [5, 5.41) is 3.75. The zero-order chi connectivity index (χ0) is 13.8. The summed E-state index contributed by atoms with van der Waals surface area (Å²) in [7, 11) is 0. The van der Waals surface area contributed by atoms with Gasteiger partial charge in [-0.3, -0.25) is 4.90 Å². The summed E-state index contributed by atoms with van der Waals surface area (Å²) in [6.07, 6.45) is 7.14. The third-order valence-electron chi connectivity index (χ3n) is 5.47. The lowest BCUT2D eigenvalue weighted by Crippen LogP contribution is -2.58. The second-order valence-corrected chi connectivity index (χ2v) is 7.40. The lowest BCUT2D eigenvalue weighted by molar-refractivity contribution is 0.0810. The third kappa shape index (κ3) is 4.19. The molecule has 2 atom stereocenters. The molecular formula is C17H34N2. The van der Waals surface area contributed by atoms with Crippen molar-refractivity contribution in [1.29, 1.82) is 0 Å². The van der Waals surface area contributed by atoms with Gasteiger partial charge in [0, 0.05) is 31.7 Å². The van der Waals surface area contributed by atoms with Gasteiger partial charge in [-0.1, -0.05) is 40.5 Å². The van der Waals surface area contributed by atoms with Crippen LogP contribution in [0.3, 0.4) is 0 Å². The Morgan fingerprint density at radius 2 is 1.84 bits per heavy atom. The number of hydrogen-bond acceptors (Lipinski definition) is 2. The van der Waals surface area contributed by atoms with Crippen LogP contribution >= 0.6 is 0 Å². The first kappa shape index (κ1) is 15.3. The molecule has 2 rings (SSSR count). The van der Waals surface area contributed by atoms with Crippen LogP contribution in [0, 0.1) is 17.8 Å². The lowest BCUT2D eigenvalue weighted by Gasteiger charge is -2.43. The molecule has 0 amide bonds. The van der Waals surface area contributed by atoms with E-state index in [9.17, 15) is 0 Å². The molecule has 0 aromatic carbocycles. The molecular weight excluding hydrogens is 232 g/mol. The van der Waals surface area contributed by atoms with Crippen molar-refractivity contribution in [2.24, 2.45) is 17.8 Å². The Morgan fingerprint density at radius 3 is 2.42 bits per heavy atom. The van der Waals surface area contributed by atoms with Gasteiger partial charge in [-0.2, -0.15) is 0 Å². The Labute approximate surface area is 120 Å². The molecule has 1 saturated heterocycles. The van der Waals surface area contributed by atoms with E-state index in [4.69, 9.17) is 0 Å². The Morgan fingerprint density at radius 1 is 1.16 bits per heavy atom. The van der Waals surface area contributed by atoms with Crippen LogP contribution in [0.5, 0.6) is 0 Å². The standard InChI is InChI=1S/C17H34N2/c1-5-16-10-18-17(13(2)3)12-19(16)11-15-8-6-14(4)7-9-15/h13-18H,5-12H2,1-4H3. The number of rotatable bonds is 4. The Kier molecular flexibility index (Phi) is 5.70. The Bertz CT molecular complexity index is 256. The minimum absolute atomic E-state index is 0.699. The summed E-state index contributed by atoms with van der Waals surface area (Å²) >= 11 is 0. The topological polar surface area (TPSA) is 15.3 Å². The molecule has 1 aliphatic heterocycles. The maximum absolute atomic E-state index is 3.75. The van der Waals surface area contributed by atoms with E-state index in [2.05, 4.69) is 37.9 Å². The fourth-order valence-electron chi connectivity index (χ4n) is 3.80. The van der Waals surface area contributed by atoms with Crippen LogP contribution in [0.25, 0.3) is 0 Å². The molecule has 2 aliphatic rings. The Hall–Kier alpha value is -0.0800.